The highest BCUT2D eigenvalue weighted by molar-refractivity contribution is 9.09. The van der Waals surface area contributed by atoms with Gasteiger partial charge in [-0.15, -0.1) is 0 Å². The molecule has 0 aliphatic heterocycles. The molecule has 5 nitrogen and oxygen atoms in total. The van der Waals surface area contributed by atoms with E-state index in [0.29, 0.717) is 22.1 Å². The van der Waals surface area contributed by atoms with Crippen molar-refractivity contribution >= 4 is 41.9 Å². The predicted octanol–water partition coefficient (Wildman–Crippen LogP) is 2.12. The second-order valence-corrected chi connectivity index (χ2v) is 6.83. The molecule has 0 radical (unpaired) electrons. The fourth-order valence-corrected chi connectivity index (χ4v) is 4.64. The molecule has 98 valence electrons. The third-order valence-electron chi connectivity index (χ3n) is 2.21. The van der Waals surface area contributed by atoms with Gasteiger partial charge in [0.15, 0.2) is 5.76 Å². The molecular formula is C9H14Br2N2O3S. The van der Waals surface area contributed by atoms with Crippen LogP contribution < -0.4 is 4.72 Å². The van der Waals surface area contributed by atoms with E-state index in [-0.39, 0.29) is 4.90 Å². The molecule has 0 fully saturated rings. The van der Waals surface area contributed by atoms with Gasteiger partial charge in [0.1, 0.15) is 10.6 Å². The van der Waals surface area contributed by atoms with Gasteiger partial charge in [-0.3, -0.25) is 0 Å². The number of nitrogens with one attached hydrogen (secondary N) is 1. The number of aryl methyl sites for hydroxylation is 2. The summed E-state index contributed by atoms with van der Waals surface area (Å²) in [7, 11) is -3.63. The lowest BCUT2D eigenvalue weighted by Crippen LogP contribution is -2.48. The van der Waals surface area contributed by atoms with Gasteiger partial charge in [-0.1, -0.05) is 37.0 Å². The van der Waals surface area contributed by atoms with Crippen LogP contribution in [0.5, 0.6) is 0 Å². The quantitative estimate of drug-likeness (QED) is 0.783. The summed E-state index contributed by atoms with van der Waals surface area (Å²) in [6.07, 6.45) is 0. The lowest BCUT2D eigenvalue weighted by atomic mass is 10.1. The first-order chi connectivity index (χ1) is 7.75. The van der Waals surface area contributed by atoms with E-state index in [1.165, 1.54) is 0 Å². The number of hydrogen-bond donors (Lipinski definition) is 1. The van der Waals surface area contributed by atoms with E-state index in [1.54, 1.807) is 20.8 Å². The molecule has 1 N–H and O–H groups in total. The normalized spacial score (nSPS) is 13.0. The molecule has 0 saturated carbocycles. The van der Waals surface area contributed by atoms with Gasteiger partial charge >= 0.3 is 0 Å². The molecule has 1 aromatic heterocycles. The molecule has 1 aromatic rings. The van der Waals surface area contributed by atoms with Gasteiger partial charge in [0, 0.05) is 16.2 Å². The van der Waals surface area contributed by atoms with Crippen molar-refractivity contribution < 1.29 is 12.9 Å². The highest BCUT2D eigenvalue weighted by Crippen LogP contribution is 2.22. The van der Waals surface area contributed by atoms with Crippen LogP contribution in [-0.4, -0.2) is 29.8 Å². The minimum atomic E-state index is -3.63. The van der Waals surface area contributed by atoms with Crippen molar-refractivity contribution in [2.75, 3.05) is 10.7 Å². The molecule has 1 rings (SSSR count). The van der Waals surface area contributed by atoms with Crippen LogP contribution in [0.1, 0.15) is 18.4 Å². The molecule has 0 aromatic carbocycles. The SMILES string of the molecule is Cc1noc(C)c1S(=O)(=O)NC(C)(CBr)CBr. The molecule has 0 amide bonds. The molecular weight excluding hydrogens is 376 g/mol. The fourth-order valence-electron chi connectivity index (χ4n) is 1.32. The number of alkyl halides is 2. The van der Waals surface area contributed by atoms with Crippen LogP contribution >= 0.6 is 31.9 Å². The minimum Gasteiger partial charge on any atom is -0.360 e. The Morgan fingerprint density at radius 1 is 1.35 bits per heavy atom. The Bertz CT molecular complexity index is 475. The summed E-state index contributed by atoms with van der Waals surface area (Å²) in [4.78, 5) is 0.116. The zero-order chi connectivity index (χ0) is 13.3. The van der Waals surface area contributed by atoms with Gasteiger partial charge in [-0.2, -0.15) is 0 Å². The van der Waals surface area contributed by atoms with Crippen molar-refractivity contribution in [2.45, 2.75) is 31.2 Å². The number of halogens is 2. The van der Waals surface area contributed by atoms with Crippen molar-refractivity contribution in [1.29, 1.82) is 0 Å². The predicted molar refractivity (Wildman–Crippen MR) is 72.3 cm³/mol. The average Bonchev–Trinajstić information content (AvgIpc) is 2.58. The van der Waals surface area contributed by atoms with E-state index >= 15 is 0 Å². The smallest absolute Gasteiger partial charge is 0.246 e. The Hall–Kier alpha value is 0.0800. The number of nitrogens with zero attached hydrogens (tertiary/aromatic N) is 1. The highest BCUT2D eigenvalue weighted by atomic mass is 79.9. The summed E-state index contributed by atoms with van der Waals surface area (Å²) in [5.41, 5.74) is -0.240. The Morgan fingerprint density at radius 2 is 1.88 bits per heavy atom. The van der Waals surface area contributed by atoms with Gasteiger partial charge in [0.25, 0.3) is 0 Å². The van der Waals surface area contributed by atoms with E-state index in [2.05, 4.69) is 41.7 Å². The van der Waals surface area contributed by atoms with Gasteiger partial charge < -0.3 is 4.52 Å². The van der Waals surface area contributed by atoms with E-state index < -0.39 is 15.6 Å². The van der Waals surface area contributed by atoms with Crippen LogP contribution in [0.4, 0.5) is 0 Å². The molecule has 8 heteroatoms. The molecule has 0 atom stereocenters. The number of sulfonamides is 1. The standard InChI is InChI=1S/C9H14Br2N2O3S/c1-6-8(7(2)16-12-6)17(14,15)13-9(3,4-10)5-11/h13H,4-5H2,1-3H3. The molecule has 0 bridgehead atoms. The van der Waals surface area contributed by atoms with Crippen molar-refractivity contribution in [3.63, 3.8) is 0 Å². The van der Waals surface area contributed by atoms with E-state index in [0.717, 1.165) is 0 Å². The monoisotopic (exact) mass is 388 g/mol. The summed E-state index contributed by atoms with van der Waals surface area (Å²) in [5.74, 6) is 0.293. The average molecular weight is 390 g/mol. The summed E-state index contributed by atoms with van der Waals surface area (Å²) < 4.78 is 31.9. The number of aromatic nitrogens is 1. The Morgan fingerprint density at radius 3 is 2.24 bits per heavy atom. The lowest BCUT2D eigenvalue weighted by molar-refractivity contribution is 0.390. The van der Waals surface area contributed by atoms with Gasteiger partial charge in [0.2, 0.25) is 10.0 Å². The van der Waals surface area contributed by atoms with Crippen LogP contribution in [0.15, 0.2) is 9.42 Å². The summed E-state index contributed by atoms with van der Waals surface area (Å²) in [6, 6.07) is 0. The van der Waals surface area contributed by atoms with Crippen molar-refractivity contribution in [1.82, 2.24) is 9.88 Å². The van der Waals surface area contributed by atoms with E-state index in [9.17, 15) is 8.42 Å². The Kier molecular flexibility index (Phi) is 4.79. The third-order valence-corrected chi connectivity index (χ3v) is 6.56. The van der Waals surface area contributed by atoms with Gasteiger partial charge in [-0.25, -0.2) is 13.1 Å². The molecule has 17 heavy (non-hydrogen) atoms. The van der Waals surface area contributed by atoms with Crippen LogP contribution in [0.25, 0.3) is 0 Å². The van der Waals surface area contributed by atoms with Crippen molar-refractivity contribution in [2.24, 2.45) is 0 Å². The zero-order valence-electron chi connectivity index (χ0n) is 9.75. The lowest BCUT2D eigenvalue weighted by Gasteiger charge is -2.25. The molecule has 0 unspecified atom stereocenters. The van der Waals surface area contributed by atoms with Crippen LogP contribution in [-0.2, 0) is 10.0 Å². The van der Waals surface area contributed by atoms with Crippen molar-refractivity contribution in [3.05, 3.63) is 11.5 Å². The summed E-state index contributed by atoms with van der Waals surface area (Å²) >= 11 is 6.58. The second-order valence-electron chi connectivity index (χ2n) is 4.09. The molecule has 0 aliphatic rings. The number of rotatable bonds is 5. The maximum atomic E-state index is 12.2. The topological polar surface area (TPSA) is 72.2 Å². The highest BCUT2D eigenvalue weighted by Gasteiger charge is 2.32. The number of hydrogen-bond acceptors (Lipinski definition) is 4. The molecule has 1 heterocycles. The zero-order valence-corrected chi connectivity index (χ0v) is 13.7. The molecule has 0 spiro atoms. The van der Waals surface area contributed by atoms with Gasteiger partial charge in [0.05, 0.1) is 0 Å². The largest absolute Gasteiger partial charge is 0.360 e. The van der Waals surface area contributed by atoms with Crippen LogP contribution in [0, 0.1) is 13.8 Å². The maximum absolute atomic E-state index is 12.2. The fraction of sp³-hybridized carbons (Fsp3) is 0.667. The summed E-state index contributed by atoms with van der Waals surface area (Å²) in [6.45, 7) is 4.98. The van der Waals surface area contributed by atoms with Crippen LogP contribution in [0.2, 0.25) is 0 Å². The first-order valence-electron chi connectivity index (χ1n) is 4.84. The van der Waals surface area contributed by atoms with Gasteiger partial charge in [-0.05, 0) is 20.8 Å². The molecule has 0 saturated heterocycles. The van der Waals surface area contributed by atoms with E-state index in [1.807, 2.05) is 0 Å². The third kappa shape index (κ3) is 3.30. The van der Waals surface area contributed by atoms with E-state index in [4.69, 9.17) is 4.52 Å². The maximum Gasteiger partial charge on any atom is 0.246 e. The summed E-state index contributed by atoms with van der Waals surface area (Å²) in [5, 5.41) is 4.63. The van der Waals surface area contributed by atoms with Crippen molar-refractivity contribution in [3.8, 4) is 0 Å². The second kappa shape index (κ2) is 5.38. The van der Waals surface area contributed by atoms with Crippen LogP contribution in [0.3, 0.4) is 0 Å². The first kappa shape index (κ1) is 15.1. The minimum absolute atomic E-state index is 0.116. The Labute approximate surface area is 118 Å². The Balaban J connectivity index is 3.14. The first-order valence-corrected chi connectivity index (χ1v) is 8.57. The molecule has 0 aliphatic carbocycles.